The maximum absolute atomic E-state index is 12.4. The van der Waals surface area contributed by atoms with E-state index in [4.69, 9.17) is 0 Å². The van der Waals surface area contributed by atoms with Gasteiger partial charge in [0.2, 0.25) is 5.91 Å². The summed E-state index contributed by atoms with van der Waals surface area (Å²) in [5.41, 5.74) is 3.48. The molecule has 1 amide bonds. The Morgan fingerprint density at radius 3 is 2.67 bits per heavy atom. The smallest absolute Gasteiger partial charge is 0.249 e. The summed E-state index contributed by atoms with van der Waals surface area (Å²) in [5, 5.41) is 11.1. The third-order valence-corrected chi connectivity index (χ3v) is 3.53. The number of hydrogen-bond acceptors (Lipinski definition) is 3. The number of aryl methyl sites for hydroxylation is 1. The maximum Gasteiger partial charge on any atom is 0.249 e. The van der Waals surface area contributed by atoms with Gasteiger partial charge < -0.3 is 5.32 Å². The van der Waals surface area contributed by atoms with Crippen molar-refractivity contribution < 1.29 is 4.79 Å². The molecule has 1 heterocycles. The Morgan fingerprint density at radius 2 is 1.86 bits per heavy atom. The molecule has 1 atom stereocenters. The third kappa shape index (κ3) is 2.50. The lowest BCUT2D eigenvalue weighted by Gasteiger charge is -2.14. The highest BCUT2D eigenvalue weighted by atomic mass is 16.2. The maximum atomic E-state index is 12.4. The molecule has 0 aliphatic carbocycles. The molecular formula is C16H16N4O. The molecule has 0 saturated carbocycles. The average Bonchev–Trinajstić information content (AvgIpc) is 2.92. The lowest BCUT2D eigenvalue weighted by molar-refractivity contribution is -0.119. The van der Waals surface area contributed by atoms with E-state index < -0.39 is 6.04 Å². The minimum atomic E-state index is -0.433. The molecule has 21 heavy (non-hydrogen) atoms. The molecule has 106 valence electrons. The number of carbonyl (C=O) groups is 1. The van der Waals surface area contributed by atoms with Gasteiger partial charge >= 0.3 is 0 Å². The van der Waals surface area contributed by atoms with E-state index in [9.17, 15) is 4.79 Å². The molecule has 1 unspecified atom stereocenters. The number of amides is 1. The standard InChI is InChI=1S/C16H16N4O/c1-11-7-3-4-8-13(11)17-16(21)12(2)20-15-10-6-5-9-14(15)18-19-20/h3-10,12H,1-2H3,(H,17,21). The molecule has 1 aromatic heterocycles. The molecule has 0 bridgehead atoms. The van der Waals surface area contributed by atoms with Crippen LogP contribution in [0.5, 0.6) is 0 Å². The van der Waals surface area contributed by atoms with Gasteiger partial charge in [0.1, 0.15) is 11.6 Å². The van der Waals surface area contributed by atoms with Gasteiger partial charge in [0.15, 0.2) is 0 Å². The van der Waals surface area contributed by atoms with Gasteiger partial charge in [-0.25, -0.2) is 4.68 Å². The van der Waals surface area contributed by atoms with Crippen molar-refractivity contribution >= 4 is 22.6 Å². The van der Waals surface area contributed by atoms with Crippen LogP contribution in [0.1, 0.15) is 18.5 Å². The van der Waals surface area contributed by atoms with Crippen molar-refractivity contribution in [1.82, 2.24) is 15.0 Å². The highest BCUT2D eigenvalue weighted by molar-refractivity contribution is 5.94. The molecule has 0 fully saturated rings. The van der Waals surface area contributed by atoms with Crippen molar-refractivity contribution in [2.24, 2.45) is 0 Å². The second-order valence-electron chi connectivity index (χ2n) is 5.00. The summed E-state index contributed by atoms with van der Waals surface area (Å²) in [7, 11) is 0. The summed E-state index contributed by atoms with van der Waals surface area (Å²) >= 11 is 0. The van der Waals surface area contributed by atoms with Gasteiger partial charge in [-0.05, 0) is 37.6 Å². The van der Waals surface area contributed by atoms with Crippen LogP contribution in [0.4, 0.5) is 5.69 Å². The Bertz CT molecular complexity index is 794. The predicted molar refractivity (Wildman–Crippen MR) is 82.0 cm³/mol. The minimum absolute atomic E-state index is 0.111. The van der Waals surface area contributed by atoms with Gasteiger partial charge in [-0.15, -0.1) is 5.10 Å². The van der Waals surface area contributed by atoms with Crippen LogP contribution in [-0.2, 0) is 4.79 Å². The van der Waals surface area contributed by atoms with Crippen molar-refractivity contribution in [1.29, 1.82) is 0 Å². The molecule has 0 radical (unpaired) electrons. The van der Waals surface area contributed by atoms with Crippen LogP contribution in [0.3, 0.4) is 0 Å². The Hall–Kier alpha value is -2.69. The van der Waals surface area contributed by atoms with E-state index in [1.165, 1.54) is 0 Å². The normalized spacial score (nSPS) is 12.3. The summed E-state index contributed by atoms with van der Waals surface area (Å²) in [6.45, 7) is 3.78. The molecule has 2 aromatic carbocycles. The van der Waals surface area contributed by atoms with Crippen molar-refractivity contribution in [2.75, 3.05) is 5.32 Å². The van der Waals surface area contributed by atoms with Crippen LogP contribution in [0.2, 0.25) is 0 Å². The van der Waals surface area contributed by atoms with Crippen LogP contribution in [0.15, 0.2) is 48.5 Å². The molecule has 1 N–H and O–H groups in total. The summed E-state index contributed by atoms with van der Waals surface area (Å²) in [4.78, 5) is 12.4. The molecular weight excluding hydrogens is 264 g/mol. The molecule has 5 nitrogen and oxygen atoms in total. The third-order valence-electron chi connectivity index (χ3n) is 3.53. The van der Waals surface area contributed by atoms with Crippen LogP contribution in [-0.4, -0.2) is 20.9 Å². The van der Waals surface area contributed by atoms with Crippen molar-refractivity contribution in [2.45, 2.75) is 19.9 Å². The van der Waals surface area contributed by atoms with E-state index in [-0.39, 0.29) is 5.91 Å². The topological polar surface area (TPSA) is 59.8 Å². The SMILES string of the molecule is Cc1ccccc1NC(=O)C(C)n1nnc2ccccc21. The van der Waals surface area contributed by atoms with Gasteiger partial charge in [0.25, 0.3) is 0 Å². The zero-order valence-corrected chi connectivity index (χ0v) is 11.9. The Morgan fingerprint density at radius 1 is 1.14 bits per heavy atom. The first kappa shape index (κ1) is 13.3. The molecule has 3 rings (SSSR count). The van der Waals surface area contributed by atoms with Gasteiger partial charge in [-0.1, -0.05) is 35.5 Å². The average molecular weight is 280 g/mol. The second kappa shape index (κ2) is 5.36. The lowest BCUT2D eigenvalue weighted by Crippen LogP contribution is -2.24. The van der Waals surface area contributed by atoms with Crippen LogP contribution >= 0.6 is 0 Å². The van der Waals surface area contributed by atoms with E-state index in [0.29, 0.717) is 0 Å². The first-order valence-electron chi connectivity index (χ1n) is 6.83. The van der Waals surface area contributed by atoms with Gasteiger partial charge in [-0.3, -0.25) is 4.79 Å². The fourth-order valence-corrected chi connectivity index (χ4v) is 2.23. The van der Waals surface area contributed by atoms with Crippen molar-refractivity contribution in [3.05, 3.63) is 54.1 Å². The predicted octanol–water partition coefficient (Wildman–Crippen LogP) is 2.94. The zero-order chi connectivity index (χ0) is 14.8. The zero-order valence-electron chi connectivity index (χ0n) is 11.9. The molecule has 3 aromatic rings. The van der Waals surface area contributed by atoms with Crippen LogP contribution in [0, 0.1) is 6.92 Å². The number of rotatable bonds is 3. The number of para-hydroxylation sites is 2. The second-order valence-corrected chi connectivity index (χ2v) is 5.00. The number of fused-ring (bicyclic) bond motifs is 1. The lowest BCUT2D eigenvalue weighted by atomic mass is 10.2. The first-order valence-corrected chi connectivity index (χ1v) is 6.83. The monoisotopic (exact) mass is 280 g/mol. The summed E-state index contributed by atoms with van der Waals surface area (Å²) in [5.74, 6) is -0.111. The van der Waals surface area contributed by atoms with E-state index >= 15 is 0 Å². The van der Waals surface area contributed by atoms with E-state index in [0.717, 1.165) is 22.3 Å². The number of hydrogen-bond donors (Lipinski definition) is 1. The molecule has 0 spiro atoms. The fraction of sp³-hybridized carbons (Fsp3) is 0.188. The summed E-state index contributed by atoms with van der Waals surface area (Å²) < 4.78 is 1.64. The molecule has 5 heteroatoms. The van der Waals surface area contributed by atoms with E-state index in [1.54, 1.807) is 4.68 Å². The number of aromatic nitrogens is 3. The minimum Gasteiger partial charge on any atom is -0.324 e. The number of nitrogens with zero attached hydrogens (tertiary/aromatic N) is 3. The Balaban J connectivity index is 1.86. The summed E-state index contributed by atoms with van der Waals surface area (Å²) in [6.07, 6.45) is 0. The highest BCUT2D eigenvalue weighted by Crippen LogP contribution is 2.18. The van der Waals surface area contributed by atoms with E-state index in [2.05, 4.69) is 15.6 Å². The number of nitrogens with one attached hydrogen (secondary N) is 1. The van der Waals surface area contributed by atoms with Gasteiger partial charge in [0.05, 0.1) is 5.52 Å². The quantitative estimate of drug-likeness (QED) is 0.802. The highest BCUT2D eigenvalue weighted by Gasteiger charge is 2.19. The van der Waals surface area contributed by atoms with Crippen LogP contribution in [0.25, 0.3) is 11.0 Å². The van der Waals surface area contributed by atoms with Gasteiger partial charge in [0, 0.05) is 5.69 Å². The summed E-state index contributed by atoms with van der Waals surface area (Å²) in [6, 6.07) is 14.9. The van der Waals surface area contributed by atoms with E-state index in [1.807, 2.05) is 62.4 Å². The molecule has 0 aliphatic rings. The number of anilines is 1. The van der Waals surface area contributed by atoms with Crippen molar-refractivity contribution in [3.8, 4) is 0 Å². The number of benzene rings is 2. The largest absolute Gasteiger partial charge is 0.324 e. The van der Waals surface area contributed by atoms with Crippen molar-refractivity contribution in [3.63, 3.8) is 0 Å². The molecule has 0 aliphatic heterocycles. The number of carbonyl (C=O) groups excluding carboxylic acids is 1. The molecule has 0 saturated heterocycles. The first-order chi connectivity index (χ1) is 10.2. The Labute approximate surface area is 122 Å². The van der Waals surface area contributed by atoms with Gasteiger partial charge in [-0.2, -0.15) is 0 Å². The Kier molecular flexibility index (Phi) is 3.39. The van der Waals surface area contributed by atoms with Crippen LogP contribution < -0.4 is 5.32 Å². The fourth-order valence-electron chi connectivity index (χ4n) is 2.23.